The van der Waals surface area contributed by atoms with Crippen LogP contribution in [0.1, 0.15) is 76.4 Å². The van der Waals surface area contributed by atoms with Gasteiger partial charge in [-0.15, -0.1) is 13.2 Å². The van der Waals surface area contributed by atoms with Crippen LogP contribution in [0.15, 0.2) is 55.6 Å². The molecule has 0 spiro atoms. The average molecular weight is 315 g/mol. The lowest BCUT2D eigenvalue weighted by Crippen LogP contribution is -2.15. The molecule has 2 atom stereocenters. The van der Waals surface area contributed by atoms with Gasteiger partial charge in [0.25, 0.3) is 0 Å². The second kappa shape index (κ2) is 13.1. The number of ether oxygens (including phenoxy) is 1. The van der Waals surface area contributed by atoms with E-state index in [0.29, 0.717) is 6.10 Å². The molecule has 0 saturated carbocycles. The van der Waals surface area contributed by atoms with Crippen molar-refractivity contribution in [1.82, 2.24) is 0 Å². The van der Waals surface area contributed by atoms with Gasteiger partial charge >= 0.3 is 0 Å². The Kier molecular flexibility index (Phi) is 11.3. The number of benzene rings is 1. The van der Waals surface area contributed by atoms with Crippen LogP contribution in [0.25, 0.3) is 0 Å². The first-order valence-corrected chi connectivity index (χ1v) is 9.20. The lowest BCUT2D eigenvalue weighted by atomic mass is 10.0. The number of unbranched alkanes of at least 4 members (excludes halogenated alkanes) is 6. The number of rotatable bonds is 14. The van der Waals surface area contributed by atoms with Gasteiger partial charge in [-0.1, -0.05) is 74.6 Å². The third-order valence-corrected chi connectivity index (χ3v) is 4.28. The lowest BCUT2D eigenvalue weighted by molar-refractivity contribution is -0.00728. The van der Waals surface area contributed by atoms with Gasteiger partial charge in [-0.25, -0.2) is 0 Å². The van der Waals surface area contributed by atoms with Crippen LogP contribution in [0.5, 0.6) is 0 Å². The lowest BCUT2D eigenvalue weighted by Gasteiger charge is -2.22. The number of hydrogen-bond donors (Lipinski definition) is 0. The van der Waals surface area contributed by atoms with E-state index in [9.17, 15) is 0 Å². The molecule has 1 aromatic carbocycles. The molecule has 0 saturated heterocycles. The van der Waals surface area contributed by atoms with Crippen molar-refractivity contribution < 1.29 is 4.74 Å². The highest BCUT2D eigenvalue weighted by molar-refractivity contribution is 5.16. The van der Waals surface area contributed by atoms with Crippen LogP contribution >= 0.6 is 0 Å². The monoisotopic (exact) mass is 314 g/mol. The van der Waals surface area contributed by atoms with Crippen molar-refractivity contribution in [3.63, 3.8) is 0 Å². The molecule has 1 heteroatoms. The molecule has 0 aliphatic heterocycles. The molecule has 0 aromatic heterocycles. The van der Waals surface area contributed by atoms with Crippen molar-refractivity contribution >= 4 is 0 Å². The van der Waals surface area contributed by atoms with Crippen molar-refractivity contribution in [2.24, 2.45) is 0 Å². The maximum atomic E-state index is 6.25. The van der Waals surface area contributed by atoms with E-state index >= 15 is 0 Å². The van der Waals surface area contributed by atoms with E-state index in [1.54, 1.807) is 0 Å². The molecule has 1 aromatic rings. The molecular weight excluding hydrogens is 280 g/mol. The topological polar surface area (TPSA) is 9.23 Å². The molecule has 0 N–H and O–H groups in total. The largest absolute Gasteiger partial charge is 0.370 e. The Hall–Kier alpha value is -1.34. The summed E-state index contributed by atoms with van der Waals surface area (Å²) in [6.45, 7) is 9.79. The molecule has 0 fully saturated rings. The zero-order chi connectivity index (χ0) is 16.8. The molecule has 128 valence electrons. The second-order valence-electron chi connectivity index (χ2n) is 6.32. The zero-order valence-electron chi connectivity index (χ0n) is 14.9. The summed E-state index contributed by atoms with van der Waals surface area (Å²) in [7, 11) is 0. The first kappa shape index (κ1) is 19.7. The van der Waals surface area contributed by atoms with Crippen molar-refractivity contribution in [2.75, 3.05) is 0 Å². The van der Waals surface area contributed by atoms with Gasteiger partial charge in [0.15, 0.2) is 0 Å². The Morgan fingerprint density at radius 1 is 0.913 bits per heavy atom. The van der Waals surface area contributed by atoms with Crippen LogP contribution in [0.2, 0.25) is 0 Å². The van der Waals surface area contributed by atoms with Gasteiger partial charge in [0, 0.05) is 0 Å². The van der Waals surface area contributed by atoms with Gasteiger partial charge in [0.1, 0.15) is 0 Å². The average Bonchev–Trinajstić information content (AvgIpc) is 2.58. The van der Waals surface area contributed by atoms with Gasteiger partial charge in [-0.2, -0.15) is 0 Å². The van der Waals surface area contributed by atoms with Crippen LogP contribution in [0.4, 0.5) is 0 Å². The SMILES string of the molecule is C=CCCCCCCCCC(CC=C)OC(C)c1ccccc1. The van der Waals surface area contributed by atoms with E-state index in [0.717, 1.165) is 19.3 Å². The van der Waals surface area contributed by atoms with Gasteiger partial charge in [0.2, 0.25) is 0 Å². The maximum Gasteiger partial charge on any atom is 0.0800 e. The summed E-state index contributed by atoms with van der Waals surface area (Å²) in [6.07, 6.45) is 15.6. The minimum Gasteiger partial charge on any atom is -0.370 e. The van der Waals surface area contributed by atoms with Crippen LogP contribution in [-0.4, -0.2) is 6.10 Å². The van der Waals surface area contributed by atoms with Crippen LogP contribution in [-0.2, 0) is 4.74 Å². The highest BCUT2D eigenvalue weighted by Gasteiger charge is 2.13. The first-order valence-electron chi connectivity index (χ1n) is 9.20. The summed E-state index contributed by atoms with van der Waals surface area (Å²) >= 11 is 0. The Labute approximate surface area is 143 Å². The Balaban J connectivity index is 2.21. The molecule has 0 amide bonds. The number of hydrogen-bond acceptors (Lipinski definition) is 1. The predicted molar refractivity (Wildman–Crippen MR) is 102 cm³/mol. The van der Waals surface area contributed by atoms with Gasteiger partial charge < -0.3 is 4.74 Å². The molecule has 0 aliphatic rings. The highest BCUT2D eigenvalue weighted by Crippen LogP contribution is 2.22. The van der Waals surface area contributed by atoms with Crippen LogP contribution in [0.3, 0.4) is 0 Å². The van der Waals surface area contributed by atoms with E-state index in [-0.39, 0.29) is 6.10 Å². The fourth-order valence-corrected chi connectivity index (χ4v) is 2.89. The molecular formula is C22H34O. The summed E-state index contributed by atoms with van der Waals surface area (Å²) in [6, 6.07) is 10.5. The molecule has 1 rings (SSSR count). The van der Waals surface area contributed by atoms with Crippen LogP contribution in [0, 0.1) is 0 Å². The van der Waals surface area contributed by atoms with Crippen molar-refractivity contribution in [2.45, 2.75) is 76.9 Å². The van der Waals surface area contributed by atoms with E-state index < -0.39 is 0 Å². The molecule has 0 aliphatic carbocycles. The van der Waals surface area contributed by atoms with Gasteiger partial charge in [0.05, 0.1) is 12.2 Å². The first-order chi connectivity index (χ1) is 11.3. The standard InChI is InChI=1S/C22H34O/c1-4-6-7-8-9-10-11-15-19-22(16-5-2)23-20(3)21-17-13-12-14-18-21/h4-5,12-14,17-18,20,22H,1-2,6-11,15-16,19H2,3H3. The van der Waals surface area contributed by atoms with Crippen molar-refractivity contribution in [3.05, 3.63) is 61.2 Å². The molecule has 2 unspecified atom stereocenters. The minimum atomic E-state index is 0.153. The molecule has 0 bridgehead atoms. The fourth-order valence-electron chi connectivity index (χ4n) is 2.89. The van der Waals surface area contributed by atoms with Gasteiger partial charge in [-0.05, 0) is 38.2 Å². The Morgan fingerprint density at radius 3 is 2.22 bits per heavy atom. The zero-order valence-corrected chi connectivity index (χ0v) is 14.9. The number of allylic oxidation sites excluding steroid dienone is 1. The van der Waals surface area contributed by atoms with Crippen molar-refractivity contribution in [1.29, 1.82) is 0 Å². The molecule has 1 nitrogen and oxygen atoms in total. The normalized spacial score (nSPS) is 13.4. The van der Waals surface area contributed by atoms with Gasteiger partial charge in [-0.3, -0.25) is 0 Å². The second-order valence-corrected chi connectivity index (χ2v) is 6.32. The molecule has 23 heavy (non-hydrogen) atoms. The van der Waals surface area contributed by atoms with Crippen molar-refractivity contribution in [3.8, 4) is 0 Å². The Morgan fingerprint density at radius 2 is 1.57 bits per heavy atom. The minimum absolute atomic E-state index is 0.153. The quantitative estimate of drug-likeness (QED) is 0.265. The van der Waals surface area contributed by atoms with E-state index in [4.69, 9.17) is 4.74 Å². The molecule has 0 heterocycles. The van der Waals surface area contributed by atoms with E-state index in [2.05, 4.69) is 44.3 Å². The summed E-state index contributed by atoms with van der Waals surface area (Å²) in [5.41, 5.74) is 1.25. The smallest absolute Gasteiger partial charge is 0.0800 e. The molecule has 0 radical (unpaired) electrons. The summed E-state index contributed by atoms with van der Waals surface area (Å²) < 4.78 is 6.25. The summed E-state index contributed by atoms with van der Waals surface area (Å²) in [4.78, 5) is 0. The fraction of sp³-hybridized carbons (Fsp3) is 0.545. The summed E-state index contributed by atoms with van der Waals surface area (Å²) in [5, 5.41) is 0. The highest BCUT2D eigenvalue weighted by atomic mass is 16.5. The third kappa shape index (κ3) is 9.40. The summed E-state index contributed by atoms with van der Waals surface area (Å²) in [5.74, 6) is 0. The predicted octanol–water partition coefficient (Wildman–Crippen LogP) is 7.02. The van der Waals surface area contributed by atoms with E-state index in [1.165, 1.54) is 44.1 Å². The third-order valence-electron chi connectivity index (χ3n) is 4.28. The van der Waals surface area contributed by atoms with Crippen LogP contribution < -0.4 is 0 Å². The van der Waals surface area contributed by atoms with E-state index in [1.807, 2.05) is 18.2 Å². The maximum absolute atomic E-state index is 6.25. The Bertz CT molecular complexity index is 409.